The molecule has 3 heterocycles. The van der Waals surface area contributed by atoms with E-state index in [2.05, 4.69) is 0 Å². The summed E-state index contributed by atoms with van der Waals surface area (Å²) in [5.74, 6) is 0.201. The van der Waals surface area contributed by atoms with E-state index in [-0.39, 0.29) is 5.91 Å². The first-order valence-corrected chi connectivity index (χ1v) is 9.32. The average molecular weight is 348 g/mol. The number of aryl methyl sites for hydroxylation is 2. The van der Waals surface area contributed by atoms with E-state index in [1.807, 2.05) is 59.7 Å². The van der Waals surface area contributed by atoms with Crippen LogP contribution in [0.3, 0.4) is 0 Å². The molecule has 5 nitrogen and oxygen atoms in total. The van der Waals surface area contributed by atoms with Gasteiger partial charge in [-0.15, -0.1) is 0 Å². The van der Waals surface area contributed by atoms with E-state index in [9.17, 15) is 4.79 Å². The second-order valence-corrected chi connectivity index (χ2v) is 7.05. The number of fused-ring (bicyclic) bond motifs is 1. The van der Waals surface area contributed by atoms with E-state index >= 15 is 0 Å². The molecule has 1 amide bonds. The molecule has 1 fully saturated rings. The van der Waals surface area contributed by atoms with Crippen LogP contribution < -0.4 is 0 Å². The summed E-state index contributed by atoms with van der Waals surface area (Å²) >= 11 is 0. The van der Waals surface area contributed by atoms with Crippen molar-refractivity contribution in [3.63, 3.8) is 0 Å². The average Bonchev–Trinajstić information content (AvgIpc) is 3.10. The lowest BCUT2D eigenvalue weighted by molar-refractivity contribution is -0.131. The molecule has 1 aromatic carbocycles. The van der Waals surface area contributed by atoms with E-state index in [1.165, 1.54) is 6.42 Å². The number of aromatic nitrogens is 3. The van der Waals surface area contributed by atoms with E-state index < -0.39 is 0 Å². The highest BCUT2D eigenvalue weighted by Crippen LogP contribution is 2.22. The number of likely N-dealkylation sites (tertiary alicyclic amines) is 1. The molecule has 0 N–H and O–H groups in total. The lowest BCUT2D eigenvalue weighted by Crippen LogP contribution is -2.37. The van der Waals surface area contributed by atoms with Crippen LogP contribution in [0.15, 0.2) is 36.4 Å². The van der Waals surface area contributed by atoms with Crippen molar-refractivity contribution in [2.45, 2.75) is 39.5 Å². The maximum absolute atomic E-state index is 12.7. The minimum atomic E-state index is 0.201. The van der Waals surface area contributed by atoms with Crippen LogP contribution in [0, 0.1) is 13.8 Å². The zero-order valence-corrected chi connectivity index (χ0v) is 15.4. The van der Waals surface area contributed by atoms with Gasteiger partial charge in [0.2, 0.25) is 5.91 Å². The predicted molar refractivity (Wildman–Crippen MR) is 102 cm³/mol. The maximum atomic E-state index is 12.7. The fourth-order valence-electron chi connectivity index (χ4n) is 3.74. The number of carbonyl (C=O) groups is 1. The van der Waals surface area contributed by atoms with Crippen LogP contribution in [-0.2, 0) is 11.2 Å². The molecule has 1 aliphatic rings. The molecule has 0 bridgehead atoms. The number of hydrogen-bond donors (Lipinski definition) is 0. The SMILES string of the molecule is Cc1nc2cc(-c3ccccc3)nn2c(C)c1CC(=O)N1CCCCC1. The summed E-state index contributed by atoms with van der Waals surface area (Å²) in [6.45, 7) is 5.78. The zero-order chi connectivity index (χ0) is 18.1. The molecular formula is C21H24N4O. The minimum absolute atomic E-state index is 0.201. The quantitative estimate of drug-likeness (QED) is 0.727. The number of carbonyl (C=O) groups excluding carboxylic acids is 1. The number of nitrogens with zero attached hydrogens (tertiary/aromatic N) is 4. The summed E-state index contributed by atoms with van der Waals surface area (Å²) in [4.78, 5) is 19.4. The Morgan fingerprint density at radius 3 is 2.54 bits per heavy atom. The molecule has 0 saturated carbocycles. The van der Waals surface area contributed by atoms with Crippen LogP contribution >= 0.6 is 0 Å². The van der Waals surface area contributed by atoms with Gasteiger partial charge in [-0.05, 0) is 33.1 Å². The highest BCUT2D eigenvalue weighted by molar-refractivity contribution is 5.79. The molecule has 1 saturated heterocycles. The Hall–Kier alpha value is -2.69. The summed E-state index contributed by atoms with van der Waals surface area (Å²) in [6.07, 6.45) is 3.85. The van der Waals surface area contributed by atoms with Crippen LogP contribution in [0.5, 0.6) is 0 Å². The molecule has 134 valence electrons. The van der Waals surface area contributed by atoms with Gasteiger partial charge in [0.25, 0.3) is 0 Å². The van der Waals surface area contributed by atoms with Crippen molar-refractivity contribution in [1.82, 2.24) is 19.5 Å². The van der Waals surface area contributed by atoms with Crippen molar-refractivity contribution in [2.24, 2.45) is 0 Å². The largest absolute Gasteiger partial charge is 0.342 e. The van der Waals surface area contributed by atoms with Gasteiger partial charge in [0.1, 0.15) is 0 Å². The van der Waals surface area contributed by atoms with Crippen LogP contribution in [0.1, 0.15) is 36.2 Å². The van der Waals surface area contributed by atoms with E-state index in [4.69, 9.17) is 10.1 Å². The van der Waals surface area contributed by atoms with E-state index in [0.717, 1.165) is 59.8 Å². The lowest BCUT2D eigenvalue weighted by Gasteiger charge is -2.27. The first-order valence-electron chi connectivity index (χ1n) is 9.32. The van der Waals surface area contributed by atoms with Gasteiger partial charge in [0, 0.05) is 41.7 Å². The van der Waals surface area contributed by atoms with E-state index in [1.54, 1.807) is 0 Å². The van der Waals surface area contributed by atoms with Gasteiger partial charge >= 0.3 is 0 Å². The highest BCUT2D eigenvalue weighted by atomic mass is 16.2. The minimum Gasteiger partial charge on any atom is -0.342 e. The molecular weight excluding hydrogens is 324 g/mol. The number of rotatable bonds is 3. The fraction of sp³-hybridized carbons (Fsp3) is 0.381. The zero-order valence-electron chi connectivity index (χ0n) is 15.4. The molecule has 0 atom stereocenters. The third-order valence-electron chi connectivity index (χ3n) is 5.27. The van der Waals surface area contributed by atoms with Gasteiger partial charge in [-0.25, -0.2) is 9.50 Å². The summed E-state index contributed by atoms with van der Waals surface area (Å²) in [6, 6.07) is 12.1. The third kappa shape index (κ3) is 3.09. The predicted octanol–water partition coefficient (Wildman–Crippen LogP) is 3.57. The molecule has 26 heavy (non-hydrogen) atoms. The Labute approximate surface area is 153 Å². The molecule has 4 rings (SSSR count). The van der Waals surface area contributed by atoms with Gasteiger partial charge < -0.3 is 4.90 Å². The van der Waals surface area contributed by atoms with Crippen LogP contribution in [0.2, 0.25) is 0 Å². The number of benzene rings is 1. The molecule has 0 spiro atoms. The van der Waals surface area contributed by atoms with Gasteiger partial charge in [-0.2, -0.15) is 5.10 Å². The topological polar surface area (TPSA) is 50.5 Å². The Morgan fingerprint density at radius 1 is 1.08 bits per heavy atom. The Morgan fingerprint density at radius 2 is 1.81 bits per heavy atom. The first-order chi connectivity index (χ1) is 12.6. The van der Waals surface area contributed by atoms with Crippen molar-refractivity contribution in [3.05, 3.63) is 53.3 Å². The highest BCUT2D eigenvalue weighted by Gasteiger charge is 2.20. The van der Waals surface area contributed by atoms with Gasteiger partial charge in [-0.3, -0.25) is 4.79 Å². The number of amides is 1. The molecule has 0 radical (unpaired) electrons. The van der Waals surface area contributed by atoms with Crippen molar-refractivity contribution < 1.29 is 4.79 Å². The molecule has 3 aromatic rings. The van der Waals surface area contributed by atoms with Crippen molar-refractivity contribution in [2.75, 3.05) is 13.1 Å². The molecule has 5 heteroatoms. The Balaban J connectivity index is 1.68. The summed E-state index contributed by atoms with van der Waals surface area (Å²) in [7, 11) is 0. The summed E-state index contributed by atoms with van der Waals surface area (Å²) < 4.78 is 1.87. The number of hydrogen-bond acceptors (Lipinski definition) is 3. The van der Waals surface area contributed by atoms with Crippen molar-refractivity contribution >= 4 is 11.6 Å². The Kier molecular flexibility index (Phi) is 4.45. The second-order valence-electron chi connectivity index (χ2n) is 7.05. The molecule has 0 aliphatic carbocycles. The fourth-order valence-corrected chi connectivity index (χ4v) is 3.74. The van der Waals surface area contributed by atoms with Crippen LogP contribution in [-0.4, -0.2) is 38.5 Å². The second kappa shape index (κ2) is 6.90. The first kappa shape index (κ1) is 16.8. The van der Waals surface area contributed by atoms with Crippen molar-refractivity contribution in [3.8, 4) is 11.3 Å². The van der Waals surface area contributed by atoms with Crippen LogP contribution in [0.4, 0.5) is 0 Å². The third-order valence-corrected chi connectivity index (χ3v) is 5.27. The van der Waals surface area contributed by atoms with Crippen molar-refractivity contribution in [1.29, 1.82) is 0 Å². The van der Waals surface area contributed by atoms with Gasteiger partial charge in [0.15, 0.2) is 5.65 Å². The summed E-state index contributed by atoms with van der Waals surface area (Å²) in [5.41, 5.74) is 5.71. The molecule has 1 aliphatic heterocycles. The van der Waals surface area contributed by atoms with E-state index in [0.29, 0.717) is 6.42 Å². The molecule has 0 unspecified atom stereocenters. The monoisotopic (exact) mass is 348 g/mol. The lowest BCUT2D eigenvalue weighted by atomic mass is 10.1. The smallest absolute Gasteiger partial charge is 0.227 e. The number of piperidine rings is 1. The maximum Gasteiger partial charge on any atom is 0.227 e. The van der Waals surface area contributed by atoms with Crippen LogP contribution in [0.25, 0.3) is 16.9 Å². The standard InChI is InChI=1S/C21H24N4O/c1-15-18(13-21(26)24-11-7-4-8-12-24)16(2)25-20(22-15)14-19(23-25)17-9-5-3-6-10-17/h3,5-6,9-10,14H,4,7-8,11-13H2,1-2H3. The normalized spacial score (nSPS) is 14.8. The van der Waals surface area contributed by atoms with Gasteiger partial charge in [0.05, 0.1) is 12.1 Å². The van der Waals surface area contributed by atoms with Gasteiger partial charge in [-0.1, -0.05) is 30.3 Å². The summed E-state index contributed by atoms with van der Waals surface area (Å²) in [5, 5.41) is 4.73. The Bertz CT molecular complexity index is 940. The molecule has 2 aromatic heterocycles.